The molecule has 17 heavy (non-hydrogen) atoms. The minimum Gasteiger partial charge on any atom is -0.325 e. The second-order valence-corrected chi connectivity index (χ2v) is 7.06. The number of nitrogens with two attached hydrogens (primary N) is 1. The van der Waals surface area contributed by atoms with Crippen LogP contribution in [0.2, 0.25) is 0 Å². The normalized spacial score (nSPS) is 23.1. The quantitative estimate of drug-likeness (QED) is 0.851. The molecule has 3 rings (SSSR count). The zero-order valence-electron chi connectivity index (χ0n) is 9.72. The maximum atomic E-state index is 11.7. The van der Waals surface area contributed by atoms with E-state index in [1.54, 1.807) is 0 Å². The topological polar surface area (TPSA) is 78.0 Å². The molecule has 0 bridgehead atoms. The molecule has 1 saturated carbocycles. The fraction of sp³-hybridized carbons (Fsp3) is 0.727. The van der Waals surface area contributed by atoms with Crippen LogP contribution in [-0.2, 0) is 27.9 Å². The van der Waals surface area contributed by atoms with Gasteiger partial charge in [-0.25, -0.2) is 8.42 Å². The molecule has 1 aliphatic carbocycles. The maximum Gasteiger partial charge on any atom is 0.160 e. The van der Waals surface area contributed by atoms with Gasteiger partial charge in [-0.3, -0.25) is 4.68 Å². The molecule has 1 aromatic heterocycles. The highest BCUT2D eigenvalue weighted by atomic mass is 32.2. The van der Waals surface area contributed by atoms with Gasteiger partial charge in [-0.05, 0) is 12.8 Å². The molecule has 2 N–H and O–H groups in total. The smallest absolute Gasteiger partial charge is 0.160 e. The van der Waals surface area contributed by atoms with Crippen molar-refractivity contribution in [2.24, 2.45) is 5.73 Å². The molecule has 1 fully saturated rings. The Morgan fingerprint density at radius 3 is 2.65 bits per heavy atom. The van der Waals surface area contributed by atoms with Gasteiger partial charge < -0.3 is 5.73 Å². The number of rotatable bonds is 2. The highest BCUT2D eigenvalue weighted by molar-refractivity contribution is 7.90. The molecular formula is C11H17N3O2S. The Hall–Kier alpha value is -0.880. The first-order chi connectivity index (χ1) is 8.11. The standard InChI is InChI=1S/C11H17N3O2S/c12-5-10-9-6-17(15,16)7-11(9)14(13-10)8-3-1-2-4-8/h8H,1-7,12H2. The Labute approximate surface area is 101 Å². The van der Waals surface area contributed by atoms with Crippen LogP contribution in [0.1, 0.15) is 48.7 Å². The summed E-state index contributed by atoms with van der Waals surface area (Å²) < 4.78 is 25.4. The van der Waals surface area contributed by atoms with E-state index in [9.17, 15) is 8.42 Å². The van der Waals surface area contributed by atoms with Crippen molar-refractivity contribution in [2.45, 2.75) is 49.8 Å². The van der Waals surface area contributed by atoms with Crippen molar-refractivity contribution in [2.75, 3.05) is 0 Å². The van der Waals surface area contributed by atoms with Crippen LogP contribution >= 0.6 is 0 Å². The van der Waals surface area contributed by atoms with Gasteiger partial charge in [0.25, 0.3) is 0 Å². The number of sulfone groups is 1. The molecule has 0 aromatic carbocycles. The molecule has 0 spiro atoms. The summed E-state index contributed by atoms with van der Waals surface area (Å²) >= 11 is 0. The van der Waals surface area contributed by atoms with E-state index in [2.05, 4.69) is 5.10 Å². The third-order valence-electron chi connectivity index (χ3n) is 3.79. The van der Waals surface area contributed by atoms with Crippen LogP contribution in [0.5, 0.6) is 0 Å². The van der Waals surface area contributed by atoms with Crippen LogP contribution < -0.4 is 5.73 Å². The summed E-state index contributed by atoms with van der Waals surface area (Å²) in [4.78, 5) is 0. The van der Waals surface area contributed by atoms with Crippen LogP contribution in [-0.4, -0.2) is 18.2 Å². The van der Waals surface area contributed by atoms with Crippen LogP contribution in [0, 0.1) is 0 Å². The first kappa shape index (κ1) is 11.2. The van der Waals surface area contributed by atoms with Gasteiger partial charge >= 0.3 is 0 Å². The molecule has 1 aliphatic heterocycles. The first-order valence-electron chi connectivity index (χ1n) is 6.10. The van der Waals surface area contributed by atoms with Gasteiger partial charge in [-0.1, -0.05) is 12.8 Å². The third kappa shape index (κ3) is 1.79. The molecule has 2 aliphatic rings. The van der Waals surface area contributed by atoms with Gasteiger partial charge in [0.15, 0.2) is 9.84 Å². The largest absolute Gasteiger partial charge is 0.325 e. The Morgan fingerprint density at radius 2 is 2.00 bits per heavy atom. The zero-order chi connectivity index (χ0) is 12.0. The van der Waals surface area contributed by atoms with Crippen molar-refractivity contribution >= 4 is 9.84 Å². The minimum absolute atomic E-state index is 0.127. The second-order valence-electron chi connectivity index (χ2n) is 4.99. The summed E-state index contributed by atoms with van der Waals surface area (Å²) in [6.07, 6.45) is 4.64. The van der Waals surface area contributed by atoms with Crippen molar-refractivity contribution < 1.29 is 8.42 Å². The van der Waals surface area contributed by atoms with Gasteiger partial charge in [-0.2, -0.15) is 5.10 Å². The first-order valence-corrected chi connectivity index (χ1v) is 7.92. The van der Waals surface area contributed by atoms with E-state index in [-0.39, 0.29) is 11.5 Å². The Bertz CT molecular complexity index is 541. The lowest BCUT2D eigenvalue weighted by atomic mass is 10.2. The molecule has 0 atom stereocenters. The molecule has 2 heterocycles. The lowest BCUT2D eigenvalue weighted by molar-refractivity contribution is 0.451. The SMILES string of the molecule is NCc1nn(C2CCCC2)c2c1CS(=O)(=O)C2. The van der Waals surface area contributed by atoms with Crippen LogP contribution in [0.15, 0.2) is 0 Å². The number of nitrogens with zero attached hydrogens (tertiary/aromatic N) is 2. The van der Waals surface area contributed by atoms with Crippen molar-refractivity contribution in [3.8, 4) is 0 Å². The lowest BCUT2D eigenvalue weighted by Crippen LogP contribution is -2.12. The van der Waals surface area contributed by atoms with Gasteiger partial charge in [-0.15, -0.1) is 0 Å². The average molecular weight is 255 g/mol. The Morgan fingerprint density at radius 1 is 1.29 bits per heavy atom. The number of hydrogen-bond acceptors (Lipinski definition) is 4. The minimum atomic E-state index is -2.96. The molecule has 6 heteroatoms. The molecular weight excluding hydrogens is 238 g/mol. The highest BCUT2D eigenvalue weighted by Gasteiger charge is 2.34. The zero-order valence-corrected chi connectivity index (χ0v) is 10.5. The van der Waals surface area contributed by atoms with Gasteiger partial charge in [0, 0.05) is 12.1 Å². The molecule has 0 saturated heterocycles. The summed E-state index contributed by atoms with van der Waals surface area (Å²) in [5.41, 5.74) is 8.20. The van der Waals surface area contributed by atoms with Crippen molar-refractivity contribution in [3.05, 3.63) is 17.0 Å². The van der Waals surface area contributed by atoms with Crippen molar-refractivity contribution in [1.82, 2.24) is 9.78 Å². The predicted octanol–water partition coefficient (Wildman–Crippen LogP) is 0.885. The summed E-state index contributed by atoms with van der Waals surface area (Å²) in [5.74, 6) is 0.271. The monoisotopic (exact) mass is 255 g/mol. The third-order valence-corrected chi connectivity index (χ3v) is 5.23. The molecule has 1 aromatic rings. The van der Waals surface area contributed by atoms with Crippen molar-refractivity contribution in [3.63, 3.8) is 0 Å². The molecule has 0 radical (unpaired) electrons. The van der Waals surface area contributed by atoms with Crippen LogP contribution in [0.3, 0.4) is 0 Å². The van der Waals surface area contributed by atoms with Crippen molar-refractivity contribution in [1.29, 1.82) is 0 Å². The van der Waals surface area contributed by atoms with Gasteiger partial charge in [0.1, 0.15) is 0 Å². The predicted molar refractivity (Wildman–Crippen MR) is 64.0 cm³/mol. The number of fused-ring (bicyclic) bond motifs is 1. The maximum absolute atomic E-state index is 11.7. The molecule has 0 unspecified atom stereocenters. The van der Waals surface area contributed by atoms with E-state index in [1.165, 1.54) is 12.8 Å². The van der Waals surface area contributed by atoms with Gasteiger partial charge in [0.2, 0.25) is 0 Å². The van der Waals surface area contributed by atoms with Crippen LogP contribution in [0.25, 0.3) is 0 Å². The van der Waals surface area contributed by atoms with E-state index in [1.807, 2.05) is 4.68 Å². The van der Waals surface area contributed by atoms with E-state index >= 15 is 0 Å². The van der Waals surface area contributed by atoms with E-state index < -0.39 is 9.84 Å². The number of hydrogen-bond donors (Lipinski definition) is 1. The van der Waals surface area contributed by atoms with E-state index in [4.69, 9.17) is 5.73 Å². The Balaban J connectivity index is 2.06. The average Bonchev–Trinajstić information content (AvgIpc) is 2.91. The van der Waals surface area contributed by atoms with E-state index in [0.717, 1.165) is 29.8 Å². The lowest BCUT2D eigenvalue weighted by Gasteiger charge is -2.12. The number of aromatic nitrogens is 2. The molecule has 5 nitrogen and oxygen atoms in total. The molecule has 94 valence electrons. The highest BCUT2D eigenvalue weighted by Crippen LogP contribution is 2.35. The summed E-state index contributed by atoms with van der Waals surface area (Å²) in [6.45, 7) is 0.331. The van der Waals surface area contributed by atoms with Gasteiger partial charge in [0.05, 0.1) is 28.9 Å². The summed E-state index contributed by atoms with van der Waals surface area (Å²) in [5, 5.41) is 4.53. The molecule has 0 amide bonds. The fourth-order valence-corrected chi connectivity index (χ4v) is 4.57. The fourth-order valence-electron chi connectivity index (χ4n) is 2.97. The van der Waals surface area contributed by atoms with Crippen LogP contribution in [0.4, 0.5) is 0 Å². The Kier molecular flexibility index (Phi) is 2.52. The second kappa shape index (κ2) is 3.81. The summed E-state index contributed by atoms with van der Waals surface area (Å²) in [6, 6.07) is 0.386. The van der Waals surface area contributed by atoms with E-state index in [0.29, 0.717) is 12.6 Å². The summed E-state index contributed by atoms with van der Waals surface area (Å²) in [7, 11) is -2.96.